The molecule has 146 valence electrons. The minimum absolute atomic E-state index is 0.119. The third kappa shape index (κ3) is 4.63. The van der Waals surface area contributed by atoms with E-state index in [0.29, 0.717) is 15.4 Å². The molecule has 0 aliphatic carbocycles. The van der Waals surface area contributed by atoms with Gasteiger partial charge in [-0.3, -0.25) is 9.36 Å². The van der Waals surface area contributed by atoms with Gasteiger partial charge in [0.05, 0.1) is 0 Å². The lowest BCUT2D eigenvalue weighted by Crippen LogP contribution is -2.25. The Hall–Kier alpha value is -1.73. The summed E-state index contributed by atoms with van der Waals surface area (Å²) in [5.41, 5.74) is -1.43. The number of halogens is 3. The number of rotatable bonds is 5. The van der Waals surface area contributed by atoms with Gasteiger partial charge in [0, 0.05) is 26.5 Å². The van der Waals surface area contributed by atoms with Crippen LogP contribution in [0.5, 0.6) is 0 Å². The van der Waals surface area contributed by atoms with Crippen molar-refractivity contribution in [2.24, 2.45) is 0 Å². The minimum atomic E-state index is -4.85. The fourth-order valence-electron chi connectivity index (χ4n) is 2.64. The molecule has 1 heterocycles. The highest BCUT2D eigenvalue weighted by Gasteiger charge is 2.38. The normalized spacial score (nSPS) is 13.2. The predicted molar refractivity (Wildman–Crippen MR) is 110 cm³/mol. The molecule has 1 amide bonds. The molecule has 1 unspecified atom stereocenters. The van der Waals surface area contributed by atoms with Gasteiger partial charge in [-0.1, -0.05) is 23.2 Å². The molecule has 0 bridgehead atoms. The molecule has 0 spiro atoms. The van der Waals surface area contributed by atoms with Crippen molar-refractivity contribution >= 4 is 64.2 Å². The summed E-state index contributed by atoms with van der Waals surface area (Å²) in [7, 11) is -4.85. The predicted octanol–water partition coefficient (Wildman–Crippen LogP) is 5.35. The van der Waals surface area contributed by atoms with Crippen molar-refractivity contribution < 1.29 is 23.5 Å². The first-order valence-corrected chi connectivity index (χ1v) is 11.1. The van der Waals surface area contributed by atoms with E-state index in [-0.39, 0.29) is 11.1 Å². The Balaban J connectivity index is 1.91. The molecule has 0 saturated heterocycles. The standard InChI is InChI=1S/C18H13Cl2FNO4PS/c19-11-1-3-15(21)10(7-11)5-6-22-18(23)17(27(24,25)26)14-9-28-16-4-2-12(20)8-13(14)16/h1-9,17H,(H,22,23)(H2,24,25,26). The average Bonchev–Trinajstić information content (AvgIpc) is 2.99. The second-order valence-electron chi connectivity index (χ2n) is 5.83. The monoisotopic (exact) mass is 459 g/mol. The molecule has 0 aliphatic heterocycles. The maximum atomic E-state index is 13.7. The molecule has 1 atom stereocenters. The maximum absolute atomic E-state index is 13.7. The lowest BCUT2D eigenvalue weighted by atomic mass is 10.1. The van der Waals surface area contributed by atoms with E-state index in [4.69, 9.17) is 23.2 Å². The van der Waals surface area contributed by atoms with Crippen molar-refractivity contribution in [3.63, 3.8) is 0 Å². The highest BCUT2D eigenvalue weighted by molar-refractivity contribution is 7.53. The van der Waals surface area contributed by atoms with Crippen LogP contribution in [-0.4, -0.2) is 15.7 Å². The van der Waals surface area contributed by atoms with Crippen molar-refractivity contribution in [1.82, 2.24) is 5.32 Å². The summed E-state index contributed by atoms with van der Waals surface area (Å²) in [5.74, 6) is -1.48. The van der Waals surface area contributed by atoms with Crippen LogP contribution in [0.2, 0.25) is 10.0 Å². The highest BCUT2D eigenvalue weighted by Crippen LogP contribution is 2.54. The molecule has 3 N–H and O–H groups in total. The summed E-state index contributed by atoms with van der Waals surface area (Å²) in [6, 6.07) is 8.82. The van der Waals surface area contributed by atoms with Crippen molar-refractivity contribution in [2.75, 3.05) is 0 Å². The number of hydrogen-bond donors (Lipinski definition) is 3. The third-order valence-corrected chi connectivity index (χ3v) is 6.53. The molecule has 28 heavy (non-hydrogen) atoms. The topological polar surface area (TPSA) is 86.6 Å². The van der Waals surface area contributed by atoms with Gasteiger partial charge in [0.25, 0.3) is 0 Å². The molecule has 2 aromatic carbocycles. The van der Waals surface area contributed by atoms with Crippen LogP contribution < -0.4 is 5.32 Å². The summed E-state index contributed by atoms with van der Waals surface area (Å²) in [6.07, 6.45) is 2.36. The lowest BCUT2D eigenvalue weighted by molar-refractivity contribution is -0.120. The number of hydrogen-bond acceptors (Lipinski definition) is 3. The molecule has 0 aliphatic rings. The zero-order valence-corrected chi connectivity index (χ0v) is 17.2. The van der Waals surface area contributed by atoms with Crippen molar-refractivity contribution in [3.8, 4) is 0 Å². The van der Waals surface area contributed by atoms with E-state index in [2.05, 4.69) is 5.32 Å². The molecule has 0 radical (unpaired) electrons. The van der Waals surface area contributed by atoms with Crippen LogP contribution in [0, 0.1) is 5.82 Å². The smallest absolute Gasteiger partial charge is 0.332 e. The van der Waals surface area contributed by atoms with E-state index in [1.807, 2.05) is 0 Å². The Bertz CT molecular complexity index is 1130. The van der Waals surface area contributed by atoms with Gasteiger partial charge >= 0.3 is 7.60 Å². The number of carbonyl (C=O) groups is 1. The van der Waals surface area contributed by atoms with Crippen LogP contribution in [0.3, 0.4) is 0 Å². The molecule has 10 heteroatoms. The highest BCUT2D eigenvalue weighted by atomic mass is 35.5. The number of amides is 1. The third-order valence-electron chi connectivity index (χ3n) is 3.89. The van der Waals surface area contributed by atoms with E-state index in [0.717, 1.165) is 10.9 Å². The van der Waals surface area contributed by atoms with Crippen molar-refractivity contribution in [1.29, 1.82) is 0 Å². The van der Waals surface area contributed by atoms with Crippen molar-refractivity contribution in [2.45, 2.75) is 5.66 Å². The van der Waals surface area contributed by atoms with Crippen LogP contribution in [0.1, 0.15) is 16.8 Å². The first kappa shape index (κ1) is 21.0. The summed E-state index contributed by atoms with van der Waals surface area (Å²) in [4.78, 5) is 32.1. The quantitative estimate of drug-likeness (QED) is 0.448. The van der Waals surface area contributed by atoms with Gasteiger partial charge in [-0.2, -0.15) is 0 Å². The average molecular weight is 460 g/mol. The molecule has 1 aromatic heterocycles. The van der Waals surface area contributed by atoms with Gasteiger partial charge in [-0.25, -0.2) is 4.39 Å². The Morgan fingerprint density at radius 2 is 1.86 bits per heavy atom. The number of benzene rings is 2. The van der Waals surface area contributed by atoms with Crippen LogP contribution in [0.15, 0.2) is 48.0 Å². The second kappa shape index (κ2) is 8.33. The maximum Gasteiger partial charge on any atom is 0.342 e. The van der Waals surface area contributed by atoms with E-state index in [9.17, 15) is 23.5 Å². The number of fused-ring (bicyclic) bond motifs is 1. The van der Waals surface area contributed by atoms with E-state index < -0.39 is 25.0 Å². The summed E-state index contributed by atoms with van der Waals surface area (Å²) in [5, 5.41) is 5.00. The van der Waals surface area contributed by atoms with Crippen molar-refractivity contribution in [3.05, 3.63) is 75.0 Å². The first-order chi connectivity index (χ1) is 13.2. The molecule has 3 rings (SSSR count). The Labute approximate surface area is 173 Å². The fourth-order valence-corrected chi connectivity index (χ4v) is 5.02. The second-order valence-corrected chi connectivity index (χ2v) is 9.31. The SMILES string of the molecule is O=C(NC=Cc1cc(Cl)ccc1F)C(c1csc2ccc(Cl)cc12)P(=O)(O)O. The van der Waals surface area contributed by atoms with Crippen LogP contribution in [-0.2, 0) is 9.36 Å². The van der Waals surface area contributed by atoms with Gasteiger partial charge in [-0.05, 0) is 58.8 Å². The molecular formula is C18H13Cl2FNO4PS. The lowest BCUT2D eigenvalue weighted by Gasteiger charge is -2.16. The Kier molecular flexibility index (Phi) is 6.25. The van der Waals surface area contributed by atoms with E-state index >= 15 is 0 Å². The van der Waals surface area contributed by atoms with Gasteiger partial charge < -0.3 is 15.1 Å². The number of carbonyl (C=O) groups excluding carboxylic acids is 1. The summed E-state index contributed by atoms with van der Waals surface area (Å²) >= 11 is 13.0. The van der Waals surface area contributed by atoms with Crippen LogP contribution >= 0.6 is 42.1 Å². The zero-order valence-electron chi connectivity index (χ0n) is 14.0. The summed E-state index contributed by atoms with van der Waals surface area (Å²) < 4.78 is 26.5. The molecule has 3 aromatic rings. The van der Waals surface area contributed by atoms with Gasteiger partial charge in [0.15, 0.2) is 5.66 Å². The fraction of sp³-hybridized carbons (Fsp3) is 0.0556. The molecule has 0 saturated carbocycles. The number of thiophene rings is 1. The number of nitrogens with one attached hydrogen (secondary N) is 1. The molecule has 5 nitrogen and oxygen atoms in total. The Morgan fingerprint density at radius 1 is 1.18 bits per heavy atom. The van der Waals surface area contributed by atoms with E-state index in [1.165, 1.54) is 41.0 Å². The largest absolute Gasteiger partial charge is 0.342 e. The van der Waals surface area contributed by atoms with E-state index in [1.54, 1.807) is 18.2 Å². The minimum Gasteiger partial charge on any atom is -0.332 e. The Morgan fingerprint density at radius 3 is 2.57 bits per heavy atom. The summed E-state index contributed by atoms with van der Waals surface area (Å²) in [6.45, 7) is 0. The first-order valence-electron chi connectivity index (χ1n) is 7.80. The van der Waals surface area contributed by atoms with Gasteiger partial charge in [0.1, 0.15) is 5.82 Å². The zero-order chi connectivity index (χ0) is 20.5. The molecular weight excluding hydrogens is 447 g/mol. The van der Waals surface area contributed by atoms with Crippen LogP contribution in [0.4, 0.5) is 4.39 Å². The van der Waals surface area contributed by atoms with Crippen LogP contribution in [0.25, 0.3) is 16.2 Å². The molecule has 0 fully saturated rings. The van der Waals surface area contributed by atoms with Gasteiger partial charge in [-0.15, -0.1) is 11.3 Å². The van der Waals surface area contributed by atoms with Gasteiger partial charge in [0.2, 0.25) is 5.91 Å².